The van der Waals surface area contributed by atoms with E-state index in [0.717, 1.165) is 52.3 Å². The van der Waals surface area contributed by atoms with Crippen LogP contribution in [0.1, 0.15) is 17.3 Å². The lowest BCUT2D eigenvalue weighted by Crippen LogP contribution is -2.49. The van der Waals surface area contributed by atoms with E-state index in [4.69, 9.17) is 4.74 Å². The zero-order valence-corrected chi connectivity index (χ0v) is 18.6. The molecule has 0 aliphatic carbocycles. The number of nitrogens with zero attached hydrogens (tertiary/aromatic N) is 4. The fourth-order valence-corrected chi connectivity index (χ4v) is 4.26. The average Bonchev–Trinajstić information content (AvgIpc) is 2.89. The van der Waals surface area contributed by atoms with Crippen LogP contribution in [-0.2, 0) is 0 Å². The van der Waals surface area contributed by atoms with E-state index in [1.165, 1.54) is 0 Å². The molecule has 0 saturated carbocycles. The molecule has 3 aromatic carbocycles. The first-order valence-electron chi connectivity index (χ1n) is 11.3. The van der Waals surface area contributed by atoms with Crippen LogP contribution in [0.5, 0.6) is 5.75 Å². The fourth-order valence-electron chi connectivity index (χ4n) is 4.26. The van der Waals surface area contributed by atoms with E-state index in [0.29, 0.717) is 19.7 Å². The molecule has 1 aliphatic rings. The molecule has 0 spiro atoms. The van der Waals surface area contributed by atoms with Crippen molar-refractivity contribution < 1.29 is 9.53 Å². The molecule has 33 heavy (non-hydrogen) atoms. The van der Waals surface area contributed by atoms with Gasteiger partial charge in [0.05, 0.1) is 12.3 Å². The number of fused-ring (bicyclic) bond motifs is 1. The number of rotatable bonds is 5. The molecule has 0 bridgehead atoms. The Morgan fingerprint density at radius 1 is 0.848 bits per heavy atom. The van der Waals surface area contributed by atoms with Crippen LogP contribution in [-0.4, -0.2) is 53.8 Å². The molecular weight excluding hydrogens is 412 g/mol. The first-order valence-corrected chi connectivity index (χ1v) is 11.3. The predicted octanol–water partition coefficient (Wildman–Crippen LogP) is 4.66. The topological polar surface area (TPSA) is 58.6 Å². The molecule has 2 heterocycles. The molecule has 1 aliphatic heterocycles. The summed E-state index contributed by atoms with van der Waals surface area (Å²) >= 11 is 0. The molecular formula is C27H26N4O2. The van der Waals surface area contributed by atoms with Gasteiger partial charge < -0.3 is 14.5 Å². The molecule has 166 valence electrons. The van der Waals surface area contributed by atoms with Crippen LogP contribution in [0.2, 0.25) is 0 Å². The number of hydrogen-bond donors (Lipinski definition) is 0. The third kappa shape index (κ3) is 4.37. The third-order valence-electron chi connectivity index (χ3n) is 6.02. The van der Waals surface area contributed by atoms with Gasteiger partial charge in [-0.1, -0.05) is 36.4 Å². The Balaban J connectivity index is 1.24. The number of ether oxygens (including phenoxy) is 1. The number of anilines is 1. The van der Waals surface area contributed by atoms with Gasteiger partial charge in [-0.05, 0) is 60.2 Å². The minimum Gasteiger partial charge on any atom is -0.494 e. The second-order valence-electron chi connectivity index (χ2n) is 8.04. The summed E-state index contributed by atoms with van der Waals surface area (Å²) in [5.41, 5.74) is 2.59. The Kier molecular flexibility index (Phi) is 5.89. The molecule has 5 rings (SSSR count). The maximum Gasteiger partial charge on any atom is 0.254 e. The van der Waals surface area contributed by atoms with Crippen LogP contribution < -0.4 is 9.64 Å². The Labute approximate surface area is 193 Å². The van der Waals surface area contributed by atoms with Gasteiger partial charge in [0, 0.05) is 37.3 Å². The maximum absolute atomic E-state index is 13.2. The van der Waals surface area contributed by atoms with Crippen LogP contribution >= 0.6 is 0 Å². The highest BCUT2D eigenvalue weighted by Crippen LogP contribution is 2.24. The van der Waals surface area contributed by atoms with Crippen LogP contribution in [0.15, 0.2) is 78.9 Å². The van der Waals surface area contributed by atoms with Gasteiger partial charge in [0.1, 0.15) is 5.75 Å². The number of amides is 1. The highest BCUT2D eigenvalue weighted by molar-refractivity contribution is 6.07. The maximum atomic E-state index is 13.2. The monoisotopic (exact) mass is 438 g/mol. The lowest BCUT2D eigenvalue weighted by molar-refractivity contribution is 0.0748. The number of carbonyl (C=O) groups is 1. The van der Waals surface area contributed by atoms with Crippen molar-refractivity contribution in [2.75, 3.05) is 37.7 Å². The average molecular weight is 439 g/mol. The number of benzene rings is 3. The van der Waals surface area contributed by atoms with E-state index < -0.39 is 0 Å². The quantitative estimate of drug-likeness (QED) is 0.454. The molecule has 1 aromatic heterocycles. The van der Waals surface area contributed by atoms with Gasteiger partial charge in [0.15, 0.2) is 5.82 Å². The number of aromatic nitrogens is 2. The minimum atomic E-state index is 0.0865. The molecule has 0 atom stereocenters. The molecule has 1 amide bonds. The third-order valence-corrected chi connectivity index (χ3v) is 6.02. The molecule has 0 unspecified atom stereocenters. The summed E-state index contributed by atoms with van der Waals surface area (Å²) in [5, 5.41) is 11.0. The predicted molar refractivity (Wildman–Crippen MR) is 131 cm³/mol. The van der Waals surface area contributed by atoms with Crippen molar-refractivity contribution in [1.82, 2.24) is 15.1 Å². The largest absolute Gasteiger partial charge is 0.494 e. The molecule has 1 fully saturated rings. The lowest BCUT2D eigenvalue weighted by Gasteiger charge is -2.35. The molecule has 6 heteroatoms. The fraction of sp³-hybridized carbons (Fsp3) is 0.222. The zero-order valence-electron chi connectivity index (χ0n) is 18.6. The Hall–Kier alpha value is -3.93. The van der Waals surface area contributed by atoms with Gasteiger partial charge in [-0.2, -0.15) is 0 Å². The zero-order chi connectivity index (χ0) is 22.6. The Bertz CT molecular complexity index is 1240. The number of piperazine rings is 1. The van der Waals surface area contributed by atoms with E-state index in [1.807, 2.05) is 90.7 Å². The van der Waals surface area contributed by atoms with Crippen molar-refractivity contribution >= 4 is 22.5 Å². The van der Waals surface area contributed by atoms with Crippen molar-refractivity contribution in [3.63, 3.8) is 0 Å². The van der Waals surface area contributed by atoms with Gasteiger partial charge in [0.25, 0.3) is 5.91 Å². The van der Waals surface area contributed by atoms with Crippen molar-refractivity contribution in [2.45, 2.75) is 6.92 Å². The highest BCUT2D eigenvalue weighted by Gasteiger charge is 2.24. The Morgan fingerprint density at radius 2 is 1.61 bits per heavy atom. The summed E-state index contributed by atoms with van der Waals surface area (Å²) in [4.78, 5) is 17.3. The van der Waals surface area contributed by atoms with Crippen LogP contribution in [0.25, 0.3) is 22.0 Å². The second kappa shape index (κ2) is 9.28. The summed E-state index contributed by atoms with van der Waals surface area (Å²) in [7, 11) is 0. The van der Waals surface area contributed by atoms with Gasteiger partial charge in [-0.3, -0.25) is 4.79 Å². The van der Waals surface area contributed by atoms with E-state index in [1.54, 1.807) is 0 Å². The SMILES string of the molecule is CCOc1ccc(-c2ccc(N3CCN(C(=O)c4cccc5ccccc45)CC3)nn2)cc1. The lowest BCUT2D eigenvalue weighted by atomic mass is 10.0. The smallest absolute Gasteiger partial charge is 0.254 e. The van der Waals surface area contributed by atoms with E-state index >= 15 is 0 Å². The summed E-state index contributed by atoms with van der Waals surface area (Å²) < 4.78 is 5.50. The van der Waals surface area contributed by atoms with Gasteiger partial charge >= 0.3 is 0 Å². The number of hydrogen-bond acceptors (Lipinski definition) is 5. The highest BCUT2D eigenvalue weighted by atomic mass is 16.5. The number of carbonyl (C=O) groups excluding carboxylic acids is 1. The van der Waals surface area contributed by atoms with Crippen LogP contribution in [0, 0.1) is 0 Å². The first kappa shape index (κ1) is 20.9. The molecule has 4 aromatic rings. The van der Waals surface area contributed by atoms with Crippen molar-refractivity contribution in [3.8, 4) is 17.0 Å². The van der Waals surface area contributed by atoms with Gasteiger partial charge in [0.2, 0.25) is 0 Å². The second-order valence-corrected chi connectivity index (χ2v) is 8.04. The van der Waals surface area contributed by atoms with Crippen molar-refractivity contribution in [3.05, 3.63) is 84.4 Å². The van der Waals surface area contributed by atoms with Crippen molar-refractivity contribution in [1.29, 1.82) is 0 Å². The van der Waals surface area contributed by atoms with Crippen LogP contribution in [0.3, 0.4) is 0 Å². The minimum absolute atomic E-state index is 0.0865. The summed E-state index contributed by atoms with van der Waals surface area (Å²) in [6, 6.07) is 25.8. The standard InChI is InChI=1S/C27H26N4O2/c1-2-33-22-12-10-21(11-13-22)25-14-15-26(29-28-25)30-16-18-31(19-17-30)27(32)24-9-5-7-20-6-3-4-8-23(20)24/h3-15H,2,16-19H2,1H3. The van der Waals surface area contributed by atoms with E-state index in [9.17, 15) is 4.79 Å². The molecule has 0 N–H and O–H groups in total. The van der Waals surface area contributed by atoms with Gasteiger partial charge in [-0.25, -0.2) is 0 Å². The summed E-state index contributed by atoms with van der Waals surface area (Å²) in [5.74, 6) is 1.77. The van der Waals surface area contributed by atoms with Crippen LogP contribution in [0.4, 0.5) is 5.82 Å². The normalized spacial score (nSPS) is 13.8. The van der Waals surface area contributed by atoms with Crippen molar-refractivity contribution in [2.24, 2.45) is 0 Å². The van der Waals surface area contributed by atoms with E-state index in [-0.39, 0.29) is 5.91 Å². The summed E-state index contributed by atoms with van der Waals surface area (Å²) in [6.45, 7) is 5.39. The molecule has 1 saturated heterocycles. The molecule has 0 radical (unpaired) electrons. The van der Waals surface area contributed by atoms with E-state index in [2.05, 4.69) is 15.1 Å². The first-order chi connectivity index (χ1) is 16.2. The van der Waals surface area contributed by atoms with Gasteiger partial charge in [-0.15, -0.1) is 10.2 Å². The summed E-state index contributed by atoms with van der Waals surface area (Å²) in [6.07, 6.45) is 0. The molecule has 6 nitrogen and oxygen atoms in total. The Morgan fingerprint density at radius 3 is 2.33 bits per heavy atom.